The molecule has 1 saturated heterocycles. The van der Waals surface area contributed by atoms with Gasteiger partial charge in [-0.1, -0.05) is 6.08 Å². The maximum atomic E-state index is 9.72. The zero-order valence-corrected chi connectivity index (χ0v) is 8.39. The molecule has 0 bridgehead atoms. The zero-order valence-electron chi connectivity index (χ0n) is 7.57. The van der Waals surface area contributed by atoms with Gasteiger partial charge in [-0.25, -0.2) is 0 Å². The van der Waals surface area contributed by atoms with E-state index in [1.165, 1.54) is 5.75 Å². The van der Waals surface area contributed by atoms with Gasteiger partial charge in [0.2, 0.25) is 0 Å². The summed E-state index contributed by atoms with van der Waals surface area (Å²) in [6.07, 6.45) is 2.26. The Morgan fingerprint density at radius 1 is 1.83 bits per heavy atom. The van der Waals surface area contributed by atoms with Crippen LogP contribution in [0.4, 0.5) is 0 Å². The lowest BCUT2D eigenvalue weighted by Gasteiger charge is -2.34. The van der Waals surface area contributed by atoms with Crippen molar-refractivity contribution in [3.8, 4) is 0 Å². The normalized spacial score (nSPS) is 28.3. The van der Waals surface area contributed by atoms with Crippen molar-refractivity contribution in [2.24, 2.45) is 0 Å². The summed E-state index contributed by atoms with van der Waals surface area (Å²) < 4.78 is 0. The lowest BCUT2D eigenvalue weighted by Crippen LogP contribution is -2.46. The molecule has 1 heterocycles. The Morgan fingerprint density at radius 2 is 2.58 bits per heavy atom. The number of rotatable bonds is 3. The highest BCUT2D eigenvalue weighted by molar-refractivity contribution is 7.99. The van der Waals surface area contributed by atoms with Crippen LogP contribution in [0.5, 0.6) is 0 Å². The molecule has 12 heavy (non-hydrogen) atoms. The van der Waals surface area contributed by atoms with E-state index >= 15 is 0 Å². The summed E-state index contributed by atoms with van der Waals surface area (Å²) in [5.41, 5.74) is 0. The predicted molar refractivity (Wildman–Crippen MR) is 54.6 cm³/mol. The molecule has 0 amide bonds. The van der Waals surface area contributed by atoms with Gasteiger partial charge >= 0.3 is 0 Å². The molecule has 1 fully saturated rings. The maximum Gasteiger partial charge on any atom is 0.0737 e. The van der Waals surface area contributed by atoms with Crippen molar-refractivity contribution < 1.29 is 5.11 Å². The van der Waals surface area contributed by atoms with Crippen molar-refractivity contribution >= 4 is 11.8 Å². The minimum Gasteiger partial charge on any atom is -0.391 e. The van der Waals surface area contributed by atoms with E-state index in [1.807, 2.05) is 11.8 Å². The molecule has 0 radical (unpaired) electrons. The van der Waals surface area contributed by atoms with E-state index < -0.39 is 0 Å². The van der Waals surface area contributed by atoms with Gasteiger partial charge in [-0.15, -0.1) is 6.58 Å². The van der Waals surface area contributed by atoms with Crippen molar-refractivity contribution in [3.63, 3.8) is 0 Å². The maximum absolute atomic E-state index is 9.72. The van der Waals surface area contributed by atoms with Gasteiger partial charge in [0, 0.05) is 24.1 Å². The fourth-order valence-electron chi connectivity index (χ4n) is 1.44. The van der Waals surface area contributed by atoms with Gasteiger partial charge < -0.3 is 5.11 Å². The lowest BCUT2D eigenvalue weighted by atomic mass is 10.1. The van der Waals surface area contributed by atoms with Crippen molar-refractivity contribution in [1.82, 2.24) is 4.90 Å². The molecule has 0 aromatic heterocycles. The quantitative estimate of drug-likeness (QED) is 0.666. The SMILES string of the molecule is C=CCC(O)C1CSCCN1C. The van der Waals surface area contributed by atoms with E-state index in [-0.39, 0.29) is 6.10 Å². The first-order valence-corrected chi connectivity index (χ1v) is 5.48. The molecule has 2 atom stereocenters. The van der Waals surface area contributed by atoms with Crippen LogP contribution >= 0.6 is 11.8 Å². The minimum absolute atomic E-state index is 0.236. The second kappa shape index (κ2) is 4.90. The topological polar surface area (TPSA) is 23.5 Å². The Kier molecular flexibility index (Phi) is 4.12. The number of hydrogen-bond acceptors (Lipinski definition) is 3. The highest BCUT2D eigenvalue weighted by atomic mass is 32.2. The molecule has 1 aliphatic rings. The zero-order chi connectivity index (χ0) is 8.97. The summed E-state index contributed by atoms with van der Waals surface area (Å²) in [5.74, 6) is 2.24. The third-order valence-corrected chi connectivity index (χ3v) is 3.34. The summed E-state index contributed by atoms with van der Waals surface area (Å²) in [4.78, 5) is 2.24. The fourth-order valence-corrected chi connectivity index (χ4v) is 2.74. The van der Waals surface area contributed by atoms with Crippen LogP contribution in [0, 0.1) is 0 Å². The molecule has 0 spiro atoms. The van der Waals surface area contributed by atoms with Crippen molar-refractivity contribution in [2.45, 2.75) is 18.6 Å². The Hall–Kier alpha value is 0.01000. The molecule has 2 unspecified atom stereocenters. The van der Waals surface area contributed by atoms with Gasteiger partial charge in [-0.3, -0.25) is 4.90 Å². The standard InChI is InChI=1S/C9H17NOS/c1-3-4-9(11)8-7-12-6-5-10(8)2/h3,8-9,11H,1,4-7H2,2H3. The van der Waals surface area contributed by atoms with Crippen LogP contribution in [0.3, 0.4) is 0 Å². The summed E-state index contributed by atoms with van der Waals surface area (Å²) in [6.45, 7) is 4.72. The van der Waals surface area contributed by atoms with Crippen molar-refractivity contribution in [3.05, 3.63) is 12.7 Å². The molecule has 1 aliphatic heterocycles. The van der Waals surface area contributed by atoms with Gasteiger partial charge in [-0.05, 0) is 13.5 Å². The van der Waals surface area contributed by atoms with E-state index in [4.69, 9.17) is 0 Å². The van der Waals surface area contributed by atoms with Gasteiger partial charge in [-0.2, -0.15) is 11.8 Å². The van der Waals surface area contributed by atoms with Gasteiger partial charge in [0.1, 0.15) is 0 Å². The second-order valence-corrected chi connectivity index (χ2v) is 4.36. The number of aliphatic hydroxyl groups excluding tert-OH is 1. The summed E-state index contributed by atoms with van der Waals surface area (Å²) in [7, 11) is 2.08. The van der Waals surface area contributed by atoms with E-state index in [0.717, 1.165) is 12.3 Å². The molecule has 2 nitrogen and oxygen atoms in total. The van der Waals surface area contributed by atoms with Crippen LogP contribution in [0.25, 0.3) is 0 Å². The smallest absolute Gasteiger partial charge is 0.0737 e. The predicted octanol–water partition coefficient (Wildman–Crippen LogP) is 0.971. The van der Waals surface area contributed by atoms with Gasteiger partial charge in [0.05, 0.1) is 6.10 Å². The molecular formula is C9H17NOS. The van der Waals surface area contributed by atoms with Crippen LogP contribution in [0.2, 0.25) is 0 Å². The Balaban J connectivity index is 2.41. The lowest BCUT2D eigenvalue weighted by molar-refractivity contribution is 0.0784. The van der Waals surface area contributed by atoms with Crippen molar-refractivity contribution in [2.75, 3.05) is 25.1 Å². The van der Waals surface area contributed by atoms with Gasteiger partial charge in [0.25, 0.3) is 0 Å². The summed E-state index contributed by atoms with van der Waals surface area (Å²) in [5, 5.41) is 9.72. The average molecular weight is 187 g/mol. The third kappa shape index (κ3) is 2.51. The molecule has 0 aromatic carbocycles. The highest BCUT2D eigenvalue weighted by Gasteiger charge is 2.25. The third-order valence-electron chi connectivity index (χ3n) is 2.30. The minimum atomic E-state index is -0.236. The second-order valence-electron chi connectivity index (χ2n) is 3.21. The average Bonchev–Trinajstić information content (AvgIpc) is 2.05. The monoisotopic (exact) mass is 187 g/mol. The fraction of sp³-hybridized carbons (Fsp3) is 0.778. The van der Waals surface area contributed by atoms with E-state index in [1.54, 1.807) is 6.08 Å². The van der Waals surface area contributed by atoms with Crippen LogP contribution in [-0.4, -0.2) is 47.3 Å². The number of nitrogens with zero attached hydrogens (tertiary/aromatic N) is 1. The largest absolute Gasteiger partial charge is 0.391 e. The van der Waals surface area contributed by atoms with Crippen LogP contribution in [-0.2, 0) is 0 Å². The molecule has 0 aromatic rings. The van der Waals surface area contributed by atoms with E-state index in [0.29, 0.717) is 12.5 Å². The number of aliphatic hydroxyl groups is 1. The van der Waals surface area contributed by atoms with E-state index in [9.17, 15) is 5.11 Å². The Bertz CT molecular complexity index is 151. The molecule has 70 valence electrons. The van der Waals surface area contributed by atoms with Crippen LogP contribution < -0.4 is 0 Å². The summed E-state index contributed by atoms with van der Waals surface area (Å²) >= 11 is 1.92. The molecule has 1 rings (SSSR count). The first kappa shape index (κ1) is 10.1. The molecule has 1 N–H and O–H groups in total. The van der Waals surface area contributed by atoms with Gasteiger partial charge in [0.15, 0.2) is 0 Å². The van der Waals surface area contributed by atoms with Crippen LogP contribution in [0.1, 0.15) is 6.42 Å². The first-order chi connectivity index (χ1) is 5.75. The number of likely N-dealkylation sites (N-methyl/N-ethyl adjacent to an activating group) is 1. The number of hydrogen-bond donors (Lipinski definition) is 1. The van der Waals surface area contributed by atoms with Crippen LogP contribution in [0.15, 0.2) is 12.7 Å². The molecule has 0 aliphatic carbocycles. The van der Waals surface area contributed by atoms with E-state index in [2.05, 4.69) is 18.5 Å². The number of thioether (sulfide) groups is 1. The Labute approximate surface area is 78.6 Å². The molecular weight excluding hydrogens is 170 g/mol. The Morgan fingerprint density at radius 3 is 3.17 bits per heavy atom. The molecule has 0 saturated carbocycles. The molecule has 3 heteroatoms. The van der Waals surface area contributed by atoms with Crippen molar-refractivity contribution in [1.29, 1.82) is 0 Å². The first-order valence-electron chi connectivity index (χ1n) is 4.32. The summed E-state index contributed by atoms with van der Waals surface area (Å²) in [6, 6.07) is 0.321. The highest BCUT2D eigenvalue weighted by Crippen LogP contribution is 2.18.